The van der Waals surface area contributed by atoms with Gasteiger partial charge in [0.1, 0.15) is 10.6 Å². The van der Waals surface area contributed by atoms with E-state index in [1.54, 1.807) is 0 Å². The molecule has 7 nitrogen and oxygen atoms in total. The zero-order valence-corrected chi connectivity index (χ0v) is 14.4. The van der Waals surface area contributed by atoms with Gasteiger partial charge in [-0.05, 0) is 18.2 Å². The van der Waals surface area contributed by atoms with Crippen molar-refractivity contribution >= 4 is 29.2 Å². The first kappa shape index (κ1) is 18.9. The van der Waals surface area contributed by atoms with Gasteiger partial charge in [-0.3, -0.25) is 9.36 Å². The molecule has 12 heteroatoms. The molecule has 0 fully saturated rings. The summed E-state index contributed by atoms with van der Waals surface area (Å²) < 4.78 is 41.2. The molecule has 3 aromatic rings. The number of halogens is 5. The summed E-state index contributed by atoms with van der Waals surface area (Å²) in [6.45, 7) is 0. The molecule has 3 aromatic heterocycles. The monoisotopic (exact) mass is 418 g/mol. The van der Waals surface area contributed by atoms with Crippen molar-refractivity contribution in [2.24, 2.45) is 0 Å². The minimum absolute atomic E-state index is 0.0510. The summed E-state index contributed by atoms with van der Waals surface area (Å²) in [5, 5.41) is 12.2. The van der Waals surface area contributed by atoms with Crippen LogP contribution in [0.5, 0.6) is 0 Å². The van der Waals surface area contributed by atoms with Gasteiger partial charge >= 0.3 is 12.1 Å². The number of hydrogen-bond acceptors (Lipinski definition) is 4. The molecule has 140 valence electrons. The minimum Gasteiger partial charge on any atom is -0.478 e. The number of carbonyl (C=O) groups is 1. The van der Waals surface area contributed by atoms with Crippen molar-refractivity contribution in [3.63, 3.8) is 0 Å². The van der Waals surface area contributed by atoms with Crippen LogP contribution in [-0.4, -0.2) is 30.4 Å². The van der Waals surface area contributed by atoms with Gasteiger partial charge in [-0.1, -0.05) is 23.2 Å². The van der Waals surface area contributed by atoms with E-state index >= 15 is 0 Å². The third kappa shape index (κ3) is 3.40. The van der Waals surface area contributed by atoms with E-state index in [9.17, 15) is 22.8 Å². The lowest BCUT2D eigenvalue weighted by Gasteiger charge is -2.12. The molecule has 0 radical (unpaired) electrons. The Hall–Kier alpha value is -2.85. The quantitative estimate of drug-likeness (QED) is 0.703. The maximum absolute atomic E-state index is 13.2. The summed E-state index contributed by atoms with van der Waals surface area (Å²) in [4.78, 5) is 26.9. The van der Waals surface area contributed by atoms with Crippen molar-refractivity contribution in [1.29, 1.82) is 0 Å². The second kappa shape index (κ2) is 6.71. The largest absolute Gasteiger partial charge is 0.478 e. The van der Waals surface area contributed by atoms with Crippen molar-refractivity contribution < 1.29 is 23.1 Å². The predicted octanol–water partition coefficient (Wildman–Crippen LogP) is 3.44. The van der Waals surface area contributed by atoms with Crippen molar-refractivity contribution in [3.05, 3.63) is 68.4 Å². The highest BCUT2D eigenvalue weighted by atomic mass is 35.5. The van der Waals surface area contributed by atoms with Gasteiger partial charge in [0.05, 0.1) is 23.1 Å². The molecule has 0 saturated heterocycles. The fourth-order valence-corrected chi connectivity index (χ4v) is 2.58. The smallest absolute Gasteiger partial charge is 0.434 e. The number of rotatable bonds is 3. The van der Waals surface area contributed by atoms with Crippen LogP contribution in [0.2, 0.25) is 10.0 Å². The lowest BCUT2D eigenvalue weighted by atomic mass is 10.2. The summed E-state index contributed by atoms with van der Waals surface area (Å²) in [7, 11) is 0. The molecular weight excluding hydrogens is 412 g/mol. The van der Waals surface area contributed by atoms with E-state index in [1.165, 1.54) is 18.3 Å². The van der Waals surface area contributed by atoms with Gasteiger partial charge in [-0.15, -0.1) is 0 Å². The van der Waals surface area contributed by atoms with Crippen molar-refractivity contribution in [2.45, 2.75) is 6.18 Å². The fraction of sp³-hybridized carbons (Fsp3) is 0.0667. The molecule has 0 aliphatic heterocycles. The van der Waals surface area contributed by atoms with Gasteiger partial charge in [0.25, 0.3) is 5.56 Å². The number of aromatic nitrogens is 4. The van der Waals surface area contributed by atoms with E-state index in [-0.39, 0.29) is 21.6 Å². The molecule has 3 rings (SSSR count). The third-order valence-corrected chi connectivity index (χ3v) is 4.26. The van der Waals surface area contributed by atoms with Crippen LogP contribution < -0.4 is 5.56 Å². The maximum Gasteiger partial charge on any atom is 0.434 e. The number of carboxylic acids is 1. The molecule has 0 bridgehead atoms. The van der Waals surface area contributed by atoms with Crippen molar-refractivity contribution in [3.8, 4) is 11.5 Å². The van der Waals surface area contributed by atoms with Crippen LogP contribution in [0.3, 0.4) is 0 Å². The topological polar surface area (TPSA) is 90.0 Å². The van der Waals surface area contributed by atoms with E-state index in [4.69, 9.17) is 28.3 Å². The second-order valence-corrected chi connectivity index (χ2v) is 5.93. The molecule has 0 saturated carbocycles. The van der Waals surface area contributed by atoms with Crippen LogP contribution in [0, 0.1) is 0 Å². The molecule has 0 aliphatic rings. The first-order valence-corrected chi connectivity index (χ1v) is 7.79. The van der Waals surface area contributed by atoms with Crippen molar-refractivity contribution in [2.75, 3.05) is 0 Å². The number of alkyl halides is 3. The molecule has 27 heavy (non-hydrogen) atoms. The summed E-state index contributed by atoms with van der Waals surface area (Å²) in [6, 6.07) is 3.82. The average Bonchev–Trinajstić information content (AvgIpc) is 3.06. The van der Waals surface area contributed by atoms with Crippen LogP contribution in [0.1, 0.15) is 16.1 Å². The number of nitrogens with zero attached hydrogens (tertiary/aromatic N) is 4. The minimum atomic E-state index is -4.97. The van der Waals surface area contributed by atoms with Crippen molar-refractivity contribution in [1.82, 2.24) is 19.3 Å². The zero-order chi connectivity index (χ0) is 19.9. The van der Waals surface area contributed by atoms with Gasteiger partial charge in [-0.25, -0.2) is 14.5 Å². The van der Waals surface area contributed by atoms with E-state index in [2.05, 4.69) is 10.1 Å². The molecule has 1 N–H and O–H groups in total. The zero-order valence-electron chi connectivity index (χ0n) is 12.9. The molecule has 0 atom stereocenters. The van der Waals surface area contributed by atoms with Crippen LogP contribution in [0.4, 0.5) is 13.2 Å². The third-order valence-electron chi connectivity index (χ3n) is 3.48. The van der Waals surface area contributed by atoms with Crippen LogP contribution in [-0.2, 0) is 6.18 Å². The molecule has 0 aliphatic carbocycles. The fourth-order valence-electron chi connectivity index (χ4n) is 2.29. The summed E-state index contributed by atoms with van der Waals surface area (Å²) in [5.74, 6) is -2.06. The van der Waals surface area contributed by atoms with Crippen LogP contribution in [0.25, 0.3) is 11.5 Å². The molecule has 3 heterocycles. The van der Waals surface area contributed by atoms with Gasteiger partial charge in [0.2, 0.25) is 0 Å². The number of pyridine rings is 2. The van der Waals surface area contributed by atoms with Gasteiger partial charge in [0, 0.05) is 6.20 Å². The lowest BCUT2D eigenvalue weighted by molar-refractivity contribution is -0.143. The normalized spacial score (nSPS) is 11.6. The first-order valence-electron chi connectivity index (χ1n) is 7.03. The first-order chi connectivity index (χ1) is 12.6. The summed E-state index contributed by atoms with van der Waals surface area (Å²) >= 11 is 11.5. The highest BCUT2D eigenvalue weighted by Gasteiger charge is 2.40. The SMILES string of the molecule is O=C(O)c1cnn(-c2ccc(-n3ccc(Cl)c(Cl)c3=O)cn2)c1C(F)(F)F. The summed E-state index contributed by atoms with van der Waals surface area (Å²) in [5.41, 5.74) is -2.90. The Morgan fingerprint density at radius 2 is 1.85 bits per heavy atom. The molecular formula is C15H7Cl2F3N4O3. The van der Waals surface area contributed by atoms with E-state index in [0.29, 0.717) is 10.9 Å². The Kier molecular flexibility index (Phi) is 4.70. The molecule has 0 spiro atoms. The van der Waals surface area contributed by atoms with E-state index in [0.717, 1.165) is 16.8 Å². The standard InChI is InChI=1S/C15H7Cl2F3N4O3/c16-9-3-4-23(13(25)11(9)17)7-1-2-10(21-5-7)24-12(15(18,19)20)8(6-22-24)14(26)27/h1-6H,(H,26,27). The Balaban J connectivity index is 2.09. The molecule has 0 amide bonds. The molecule has 0 unspecified atom stereocenters. The van der Waals surface area contributed by atoms with Crippen LogP contribution >= 0.6 is 23.2 Å². The highest BCUT2D eigenvalue weighted by molar-refractivity contribution is 6.41. The Bertz CT molecular complexity index is 1090. The number of aromatic carboxylic acids is 1. The second-order valence-electron chi connectivity index (χ2n) is 5.15. The molecule has 0 aromatic carbocycles. The van der Waals surface area contributed by atoms with E-state index < -0.39 is 29.0 Å². The predicted molar refractivity (Wildman–Crippen MR) is 88.9 cm³/mol. The summed E-state index contributed by atoms with van der Waals surface area (Å²) in [6.07, 6.45) is -1.94. The van der Waals surface area contributed by atoms with E-state index in [1.807, 2.05) is 0 Å². The number of carboxylic acid groups (broad SMARTS) is 1. The Morgan fingerprint density at radius 1 is 1.15 bits per heavy atom. The average molecular weight is 419 g/mol. The van der Waals surface area contributed by atoms with Gasteiger partial charge < -0.3 is 5.11 Å². The maximum atomic E-state index is 13.2. The van der Waals surface area contributed by atoms with Gasteiger partial charge in [0.15, 0.2) is 11.5 Å². The van der Waals surface area contributed by atoms with Gasteiger partial charge in [-0.2, -0.15) is 18.3 Å². The number of hydrogen-bond donors (Lipinski definition) is 1. The lowest BCUT2D eigenvalue weighted by Crippen LogP contribution is -2.19. The van der Waals surface area contributed by atoms with Crippen LogP contribution in [0.15, 0.2) is 41.6 Å². The highest BCUT2D eigenvalue weighted by Crippen LogP contribution is 2.33. The Morgan fingerprint density at radius 3 is 2.41 bits per heavy atom. The Labute approximate surface area is 158 Å².